The molecule has 112 valence electrons. The number of nitrogens with zero attached hydrogens (tertiary/aromatic N) is 1. The van der Waals surface area contributed by atoms with Crippen LogP contribution < -0.4 is 0 Å². The van der Waals surface area contributed by atoms with E-state index in [-0.39, 0.29) is 23.0 Å². The molecule has 1 nitrogen and oxygen atoms in total. The predicted octanol–water partition coefficient (Wildman–Crippen LogP) is 4.98. The van der Waals surface area contributed by atoms with Gasteiger partial charge in [-0.15, -0.1) is 0 Å². The minimum absolute atomic E-state index is 0.0676. The van der Waals surface area contributed by atoms with Crippen LogP contribution in [0.5, 0.6) is 0 Å². The highest BCUT2D eigenvalue weighted by molar-refractivity contribution is 5.82. The van der Waals surface area contributed by atoms with Crippen LogP contribution >= 0.6 is 0 Å². The molecule has 0 radical (unpaired) electrons. The fourth-order valence-electron chi connectivity index (χ4n) is 2.41. The summed E-state index contributed by atoms with van der Waals surface area (Å²) in [4.78, 5) is 4.25. The van der Waals surface area contributed by atoms with Gasteiger partial charge in [-0.1, -0.05) is 30.3 Å². The van der Waals surface area contributed by atoms with E-state index in [0.29, 0.717) is 5.56 Å². The van der Waals surface area contributed by atoms with Crippen molar-refractivity contribution >= 4 is 10.9 Å². The van der Waals surface area contributed by atoms with Crippen molar-refractivity contribution in [2.75, 3.05) is 0 Å². The van der Waals surface area contributed by atoms with Gasteiger partial charge in [0.25, 0.3) is 0 Å². The Hall–Kier alpha value is -2.43. The summed E-state index contributed by atoms with van der Waals surface area (Å²) in [7, 11) is 0. The molecule has 0 aliphatic heterocycles. The van der Waals surface area contributed by atoms with Crippen molar-refractivity contribution in [2.24, 2.45) is 0 Å². The Labute approximate surface area is 124 Å². The summed E-state index contributed by atoms with van der Waals surface area (Å²) in [6, 6.07) is 12.9. The van der Waals surface area contributed by atoms with Gasteiger partial charge in [-0.2, -0.15) is 13.2 Å². The van der Waals surface area contributed by atoms with E-state index in [4.69, 9.17) is 0 Å². The van der Waals surface area contributed by atoms with Gasteiger partial charge >= 0.3 is 6.18 Å². The fraction of sp³-hybridized carbons (Fsp3) is 0.118. The summed E-state index contributed by atoms with van der Waals surface area (Å²) < 4.78 is 52.8. The maximum absolute atomic E-state index is 13.2. The Morgan fingerprint density at radius 1 is 0.909 bits per heavy atom. The van der Waals surface area contributed by atoms with Gasteiger partial charge in [0.2, 0.25) is 0 Å². The van der Waals surface area contributed by atoms with E-state index in [0.717, 1.165) is 6.07 Å². The summed E-state index contributed by atoms with van der Waals surface area (Å²) in [5.41, 5.74) is 0.403. The zero-order valence-electron chi connectivity index (χ0n) is 11.4. The van der Waals surface area contributed by atoms with Crippen LogP contribution in [0.15, 0.2) is 54.6 Å². The Bertz CT molecular complexity index is 824. The van der Waals surface area contributed by atoms with E-state index < -0.39 is 17.6 Å². The van der Waals surface area contributed by atoms with Gasteiger partial charge in [0.05, 0.1) is 11.1 Å². The molecule has 1 heterocycles. The highest BCUT2D eigenvalue weighted by Crippen LogP contribution is 2.35. The highest BCUT2D eigenvalue weighted by Gasteiger charge is 2.33. The number of rotatable bonds is 2. The molecule has 3 aromatic rings. The number of pyridine rings is 1. The predicted molar refractivity (Wildman–Crippen MR) is 76.0 cm³/mol. The van der Waals surface area contributed by atoms with Crippen LogP contribution in [0.4, 0.5) is 17.6 Å². The van der Waals surface area contributed by atoms with Crippen molar-refractivity contribution in [3.8, 4) is 0 Å². The third kappa shape index (κ3) is 2.93. The Balaban J connectivity index is 2.11. The number of alkyl halides is 3. The lowest BCUT2D eigenvalue weighted by molar-refractivity contribution is -0.136. The Morgan fingerprint density at radius 3 is 2.41 bits per heavy atom. The normalized spacial score (nSPS) is 11.8. The van der Waals surface area contributed by atoms with Gasteiger partial charge in [-0.25, -0.2) is 4.39 Å². The average molecular weight is 305 g/mol. The molecule has 0 saturated heterocycles. The molecule has 22 heavy (non-hydrogen) atoms. The van der Waals surface area contributed by atoms with Gasteiger partial charge in [-0.05, 0) is 29.8 Å². The molecule has 3 rings (SSSR count). The number of hydrogen-bond acceptors (Lipinski definition) is 1. The molecular weight excluding hydrogens is 294 g/mol. The molecule has 0 N–H and O–H groups in total. The Kier molecular flexibility index (Phi) is 3.56. The summed E-state index contributed by atoms with van der Waals surface area (Å²) in [6.07, 6.45) is -4.31. The highest BCUT2D eigenvalue weighted by atomic mass is 19.4. The number of aromatic nitrogens is 1. The standard InChI is InChI=1S/C17H11F4N/c18-12-5-3-4-11(8-12)9-13-10-15(17(19,20)21)14-6-1-2-7-16(14)22-13/h1-8,10H,9H2. The molecule has 0 aliphatic rings. The first kappa shape index (κ1) is 14.5. The summed E-state index contributed by atoms with van der Waals surface area (Å²) >= 11 is 0. The van der Waals surface area contributed by atoms with E-state index in [1.54, 1.807) is 24.3 Å². The third-order valence-corrected chi connectivity index (χ3v) is 3.35. The lowest BCUT2D eigenvalue weighted by Gasteiger charge is -2.12. The molecular formula is C17H11F4N. The second-order valence-electron chi connectivity index (χ2n) is 4.98. The van der Waals surface area contributed by atoms with E-state index in [1.165, 1.54) is 24.3 Å². The number of fused-ring (bicyclic) bond motifs is 1. The summed E-state index contributed by atoms with van der Waals surface area (Å²) in [5, 5.41) is 0.0676. The van der Waals surface area contributed by atoms with Crippen molar-refractivity contribution in [3.63, 3.8) is 0 Å². The van der Waals surface area contributed by atoms with Crippen molar-refractivity contribution in [3.05, 3.63) is 77.2 Å². The van der Waals surface area contributed by atoms with Crippen LogP contribution in [0.25, 0.3) is 10.9 Å². The van der Waals surface area contributed by atoms with Crippen LogP contribution in [0.2, 0.25) is 0 Å². The summed E-state index contributed by atoms with van der Waals surface area (Å²) in [5.74, 6) is -0.422. The SMILES string of the molecule is Fc1cccc(Cc2cc(C(F)(F)F)c3ccccc3n2)c1. The minimum Gasteiger partial charge on any atom is -0.252 e. The zero-order chi connectivity index (χ0) is 15.7. The van der Waals surface area contributed by atoms with Crippen LogP contribution in [-0.4, -0.2) is 4.98 Å². The second kappa shape index (κ2) is 5.40. The molecule has 5 heteroatoms. The van der Waals surface area contributed by atoms with Gasteiger partial charge in [-0.3, -0.25) is 4.98 Å². The monoisotopic (exact) mass is 305 g/mol. The van der Waals surface area contributed by atoms with Crippen LogP contribution in [-0.2, 0) is 12.6 Å². The zero-order valence-corrected chi connectivity index (χ0v) is 11.4. The van der Waals surface area contributed by atoms with Gasteiger partial charge < -0.3 is 0 Å². The molecule has 1 aromatic heterocycles. The van der Waals surface area contributed by atoms with Crippen molar-refractivity contribution in [2.45, 2.75) is 12.6 Å². The molecule has 0 unspecified atom stereocenters. The maximum atomic E-state index is 13.2. The first-order chi connectivity index (χ1) is 10.4. The van der Waals surface area contributed by atoms with Crippen molar-refractivity contribution < 1.29 is 17.6 Å². The number of para-hydroxylation sites is 1. The largest absolute Gasteiger partial charge is 0.417 e. The number of halogens is 4. The van der Waals surface area contributed by atoms with E-state index in [9.17, 15) is 17.6 Å². The topological polar surface area (TPSA) is 12.9 Å². The first-order valence-electron chi connectivity index (χ1n) is 6.64. The van der Waals surface area contributed by atoms with Crippen LogP contribution in [0, 0.1) is 5.82 Å². The molecule has 0 bridgehead atoms. The van der Waals surface area contributed by atoms with Gasteiger partial charge in [0.1, 0.15) is 5.82 Å². The van der Waals surface area contributed by atoms with Gasteiger partial charge in [0, 0.05) is 17.5 Å². The molecule has 0 spiro atoms. The third-order valence-electron chi connectivity index (χ3n) is 3.35. The number of benzene rings is 2. The van der Waals surface area contributed by atoms with E-state index in [2.05, 4.69) is 4.98 Å². The van der Waals surface area contributed by atoms with Crippen molar-refractivity contribution in [1.82, 2.24) is 4.98 Å². The van der Waals surface area contributed by atoms with Crippen LogP contribution in [0.1, 0.15) is 16.8 Å². The van der Waals surface area contributed by atoms with Crippen molar-refractivity contribution in [1.29, 1.82) is 0 Å². The molecule has 0 atom stereocenters. The molecule has 0 saturated carbocycles. The lowest BCUT2D eigenvalue weighted by atomic mass is 10.0. The van der Waals surface area contributed by atoms with E-state index in [1.807, 2.05) is 0 Å². The number of hydrogen-bond donors (Lipinski definition) is 0. The minimum atomic E-state index is -4.46. The second-order valence-corrected chi connectivity index (χ2v) is 4.98. The van der Waals surface area contributed by atoms with Crippen LogP contribution in [0.3, 0.4) is 0 Å². The first-order valence-corrected chi connectivity index (χ1v) is 6.64. The quantitative estimate of drug-likeness (QED) is 0.608. The lowest BCUT2D eigenvalue weighted by Crippen LogP contribution is -2.08. The molecule has 0 aliphatic carbocycles. The van der Waals surface area contributed by atoms with E-state index >= 15 is 0 Å². The fourth-order valence-corrected chi connectivity index (χ4v) is 2.41. The molecule has 2 aromatic carbocycles. The Morgan fingerprint density at radius 2 is 1.68 bits per heavy atom. The molecule has 0 fully saturated rings. The molecule has 0 amide bonds. The maximum Gasteiger partial charge on any atom is 0.417 e. The summed E-state index contributed by atoms with van der Waals surface area (Å²) in [6.45, 7) is 0. The van der Waals surface area contributed by atoms with Gasteiger partial charge in [0.15, 0.2) is 0 Å². The smallest absolute Gasteiger partial charge is 0.252 e. The average Bonchev–Trinajstić information content (AvgIpc) is 2.45.